The van der Waals surface area contributed by atoms with Crippen LogP contribution in [-0.2, 0) is 13.0 Å². The number of hydrogen-bond donors (Lipinski definition) is 2. The second kappa shape index (κ2) is 9.08. The number of carboxylic acids is 1. The highest BCUT2D eigenvalue weighted by Gasteiger charge is 2.09. The van der Waals surface area contributed by atoms with Crippen LogP contribution in [0.5, 0.6) is 5.75 Å². The number of carbonyl (C=O) groups is 1. The van der Waals surface area contributed by atoms with Gasteiger partial charge in [-0.3, -0.25) is 0 Å². The fourth-order valence-corrected chi connectivity index (χ4v) is 2.69. The van der Waals surface area contributed by atoms with Crippen molar-refractivity contribution >= 4 is 5.97 Å². The van der Waals surface area contributed by atoms with Gasteiger partial charge in [-0.1, -0.05) is 29.8 Å². The lowest BCUT2D eigenvalue weighted by Gasteiger charge is -2.09. The number of hydrogen-bond acceptors (Lipinski definition) is 3. The van der Waals surface area contributed by atoms with Crippen LogP contribution >= 0.6 is 0 Å². The number of ether oxygens (including phenoxy) is 1. The Morgan fingerprint density at radius 2 is 2.04 bits per heavy atom. The van der Waals surface area contributed by atoms with Crippen LogP contribution in [-0.4, -0.2) is 24.2 Å². The van der Waals surface area contributed by atoms with Gasteiger partial charge in [0.05, 0.1) is 12.2 Å². The van der Waals surface area contributed by atoms with E-state index in [2.05, 4.69) is 11.4 Å². The lowest BCUT2D eigenvalue weighted by Crippen LogP contribution is -2.16. The molecular formula is C20H25NO3. The molecule has 0 unspecified atom stereocenters. The number of benzene rings is 2. The molecule has 2 aromatic rings. The number of rotatable bonds is 9. The molecule has 2 N–H and O–H groups in total. The molecule has 24 heavy (non-hydrogen) atoms. The summed E-state index contributed by atoms with van der Waals surface area (Å²) in [7, 11) is 0. The van der Waals surface area contributed by atoms with Crippen molar-refractivity contribution in [1.82, 2.24) is 5.32 Å². The van der Waals surface area contributed by atoms with Crippen LogP contribution in [0.1, 0.15) is 40.4 Å². The zero-order valence-corrected chi connectivity index (χ0v) is 14.3. The molecule has 0 spiro atoms. The molecule has 0 saturated heterocycles. The topological polar surface area (TPSA) is 58.6 Å². The van der Waals surface area contributed by atoms with Crippen molar-refractivity contribution in [2.45, 2.75) is 33.2 Å². The normalized spacial score (nSPS) is 10.6. The molecule has 0 heterocycles. The average Bonchev–Trinajstić information content (AvgIpc) is 2.55. The predicted octanol–water partition coefficient (Wildman–Crippen LogP) is 3.81. The minimum Gasteiger partial charge on any atom is -0.494 e. The van der Waals surface area contributed by atoms with Gasteiger partial charge in [-0.25, -0.2) is 4.79 Å². The van der Waals surface area contributed by atoms with Crippen LogP contribution in [0.25, 0.3) is 0 Å². The molecular weight excluding hydrogens is 302 g/mol. The molecule has 4 nitrogen and oxygen atoms in total. The van der Waals surface area contributed by atoms with Gasteiger partial charge in [-0.2, -0.15) is 0 Å². The van der Waals surface area contributed by atoms with Crippen molar-refractivity contribution in [1.29, 1.82) is 0 Å². The Kier molecular flexibility index (Phi) is 6.82. The number of aryl methyl sites for hydroxylation is 2. The van der Waals surface area contributed by atoms with Crippen LogP contribution in [0.3, 0.4) is 0 Å². The van der Waals surface area contributed by atoms with E-state index in [9.17, 15) is 9.90 Å². The van der Waals surface area contributed by atoms with Gasteiger partial charge in [0.25, 0.3) is 0 Å². The summed E-state index contributed by atoms with van der Waals surface area (Å²) in [4.78, 5) is 11.3. The summed E-state index contributed by atoms with van der Waals surface area (Å²) < 4.78 is 5.50. The van der Waals surface area contributed by atoms with Crippen molar-refractivity contribution in [2.24, 2.45) is 0 Å². The van der Waals surface area contributed by atoms with Gasteiger partial charge in [0, 0.05) is 6.54 Å². The number of carboxylic acid groups (broad SMARTS) is 1. The Hall–Kier alpha value is -2.33. The van der Waals surface area contributed by atoms with Gasteiger partial charge in [0.1, 0.15) is 5.75 Å². The van der Waals surface area contributed by atoms with Gasteiger partial charge >= 0.3 is 5.97 Å². The average molecular weight is 327 g/mol. The first-order valence-corrected chi connectivity index (χ1v) is 8.35. The molecule has 2 rings (SSSR count). The first-order chi connectivity index (χ1) is 11.6. The second-order valence-corrected chi connectivity index (χ2v) is 5.83. The van der Waals surface area contributed by atoms with E-state index in [1.54, 1.807) is 6.07 Å². The number of nitrogens with one attached hydrogen (secondary N) is 1. The Balaban J connectivity index is 1.80. The number of aromatic carboxylic acids is 1. The van der Waals surface area contributed by atoms with Crippen molar-refractivity contribution in [3.8, 4) is 5.75 Å². The predicted molar refractivity (Wildman–Crippen MR) is 95.8 cm³/mol. The van der Waals surface area contributed by atoms with Crippen LogP contribution in [0.4, 0.5) is 0 Å². The molecule has 0 aliphatic heterocycles. The molecule has 0 bridgehead atoms. The first kappa shape index (κ1) is 18.0. The third-order valence-electron chi connectivity index (χ3n) is 3.83. The molecule has 0 amide bonds. The standard InChI is InChI=1S/C20H25NO3/c1-3-24-18-8-4-6-16(13-18)14-21-11-5-7-17-12-15(2)9-10-19(17)20(22)23/h4,6,8-10,12-13,21H,3,5,7,11,14H2,1-2H3,(H,22,23). The molecule has 0 saturated carbocycles. The molecule has 2 aromatic carbocycles. The van der Waals surface area contributed by atoms with Crippen LogP contribution in [0.2, 0.25) is 0 Å². The maximum Gasteiger partial charge on any atom is 0.335 e. The van der Waals surface area contributed by atoms with Gasteiger partial charge in [-0.15, -0.1) is 0 Å². The summed E-state index contributed by atoms with van der Waals surface area (Å²) in [6, 6.07) is 13.6. The lowest BCUT2D eigenvalue weighted by molar-refractivity contribution is 0.0695. The van der Waals surface area contributed by atoms with Crippen LogP contribution in [0, 0.1) is 6.92 Å². The minimum atomic E-state index is -0.856. The van der Waals surface area contributed by atoms with Crippen molar-refractivity contribution in [3.05, 3.63) is 64.7 Å². The Labute approximate surface area is 143 Å². The molecule has 0 fully saturated rings. The Morgan fingerprint density at radius 3 is 2.79 bits per heavy atom. The van der Waals surface area contributed by atoms with E-state index in [-0.39, 0.29) is 0 Å². The quantitative estimate of drug-likeness (QED) is 0.688. The fourth-order valence-electron chi connectivity index (χ4n) is 2.69. The van der Waals surface area contributed by atoms with E-state index < -0.39 is 5.97 Å². The molecule has 0 aliphatic carbocycles. The van der Waals surface area contributed by atoms with Crippen LogP contribution < -0.4 is 10.1 Å². The summed E-state index contributed by atoms with van der Waals surface area (Å²) in [6.45, 7) is 6.24. The summed E-state index contributed by atoms with van der Waals surface area (Å²) in [5.41, 5.74) is 3.59. The summed E-state index contributed by atoms with van der Waals surface area (Å²) in [5.74, 6) is 0.0355. The maximum atomic E-state index is 11.3. The fraction of sp³-hybridized carbons (Fsp3) is 0.350. The molecule has 128 valence electrons. The SMILES string of the molecule is CCOc1cccc(CNCCCc2cc(C)ccc2C(=O)O)c1. The third kappa shape index (κ3) is 5.39. The zero-order valence-electron chi connectivity index (χ0n) is 14.3. The van der Waals surface area contributed by atoms with E-state index in [0.29, 0.717) is 12.2 Å². The largest absolute Gasteiger partial charge is 0.494 e. The summed E-state index contributed by atoms with van der Waals surface area (Å²) in [5, 5.41) is 12.7. The Morgan fingerprint density at radius 1 is 1.21 bits per heavy atom. The molecule has 0 radical (unpaired) electrons. The van der Waals surface area contributed by atoms with Crippen molar-refractivity contribution < 1.29 is 14.6 Å². The summed E-state index contributed by atoms with van der Waals surface area (Å²) in [6.07, 6.45) is 1.66. The molecule has 0 aromatic heterocycles. The molecule has 0 aliphatic rings. The van der Waals surface area contributed by atoms with E-state index in [4.69, 9.17) is 4.74 Å². The van der Waals surface area contributed by atoms with Crippen molar-refractivity contribution in [3.63, 3.8) is 0 Å². The first-order valence-electron chi connectivity index (χ1n) is 8.35. The zero-order chi connectivity index (χ0) is 17.4. The highest BCUT2D eigenvalue weighted by atomic mass is 16.5. The van der Waals surface area contributed by atoms with Gasteiger partial charge in [-0.05, 0) is 62.6 Å². The van der Waals surface area contributed by atoms with Crippen molar-refractivity contribution in [2.75, 3.05) is 13.2 Å². The minimum absolute atomic E-state index is 0.407. The molecule has 0 atom stereocenters. The lowest BCUT2D eigenvalue weighted by atomic mass is 10.0. The van der Waals surface area contributed by atoms with Crippen LogP contribution in [0.15, 0.2) is 42.5 Å². The van der Waals surface area contributed by atoms with Gasteiger partial charge < -0.3 is 15.2 Å². The smallest absolute Gasteiger partial charge is 0.335 e. The molecule has 4 heteroatoms. The third-order valence-corrected chi connectivity index (χ3v) is 3.83. The highest BCUT2D eigenvalue weighted by Crippen LogP contribution is 2.15. The summed E-state index contributed by atoms with van der Waals surface area (Å²) >= 11 is 0. The Bertz CT molecular complexity index is 682. The van der Waals surface area contributed by atoms with Gasteiger partial charge in [0.15, 0.2) is 0 Å². The highest BCUT2D eigenvalue weighted by molar-refractivity contribution is 5.89. The van der Waals surface area contributed by atoms with E-state index in [1.165, 1.54) is 5.56 Å². The maximum absolute atomic E-state index is 11.3. The van der Waals surface area contributed by atoms with Gasteiger partial charge in [0.2, 0.25) is 0 Å². The van der Waals surface area contributed by atoms with E-state index >= 15 is 0 Å². The monoisotopic (exact) mass is 327 g/mol. The van der Waals surface area contributed by atoms with E-state index in [0.717, 1.165) is 42.8 Å². The van der Waals surface area contributed by atoms with E-state index in [1.807, 2.05) is 44.2 Å². The second-order valence-electron chi connectivity index (χ2n) is 5.83.